The van der Waals surface area contributed by atoms with Crippen molar-refractivity contribution in [1.82, 2.24) is 5.32 Å². The Morgan fingerprint density at radius 2 is 1.74 bits per heavy atom. The number of carbonyl (C=O) groups is 2. The van der Waals surface area contributed by atoms with Gasteiger partial charge in [0.1, 0.15) is 17.1 Å². The maximum absolute atomic E-state index is 13.2. The first-order chi connectivity index (χ1) is 16.0. The predicted octanol–water partition coefficient (Wildman–Crippen LogP) is 3.98. The number of hydrogen-bond donors (Lipinski definition) is 5. The minimum absolute atomic E-state index is 0.0127. The number of alkyl carbamates (subject to hydrolysis) is 1. The van der Waals surface area contributed by atoms with Gasteiger partial charge in [-0.05, 0) is 62.9 Å². The van der Waals surface area contributed by atoms with Crippen molar-refractivity contribution in [3.05, 3.63) is 52.8 Å². The number of fused-ring (bicyclic) bond motifs is 1. The Morgan fingerprint density at radius 3 is 2.41 bits per heavy atom. The van der Waals surface area contributed by atoms with E-state index >= 15 is 0 Å². The van der Waals surface area contributed by atoms with Crippen LogP contribution in [0, 0.1) is 0 Å². The number of benzene rings is 2. The van der Waals surface area contributed by atoms with Crippen LogP contribution in [0.1, 0.15) is 55.1 Å². The average molecular weight is 472 g/mol. The molecule has 182 valence electrons. The lowest BCUT2D eigenvalue weighted by Gasteiger charge is -2.23. The molecule has 3 rings (SSSR count). The molecule has 5 N–H and O–H groups in total. The van der Waals surface area contributed by atoms with E-state index < -0.39 is 17.5 Å². The van der Waals surface area contributed by atoms with E-state index in [9.17, 15) is 30.0 Å². The smallest absolute Gasteiger partial charge is 0.407 e. The zero-order valence-corrected chi connectivity index (χ0v) is 19.3. The fraction of sp³-hybridized carbons (Fsp3) is 0.360. The Labute approximate surface area is 197 Å². The number of amides is 1. The van der Waals surface area contributed by atoms with E-state index in [2.05, 4.69) is 5.32 Å². The van der Waals surface area contributed by atoms with Crippen molar-refractivity contribution in [2.75, 3.05) is 13.2 Å². The number of Topliss-reactive ketones (excluding diaryl/α,β-unsaturated/α-hetero) is 1. The lowest BCUT2D eigenvalue weighted by Crippen LogP contribution is -2.33. The summed E-state index contributed by atoms with van der Waals surface area (Å²) in [5, 5.41) is 42.3. The zero-order chi connectivity index (χ0) is 25.0. The van der Waals surface area contributed by atoms with Gasteiger partial charge >= 0.3 is 6.09 Å². The van der Waals surface area contributed by atoms with Crippen molar-refractivity contribution in [1.29, 1.82) is 0 Å². The first-order valence-corrected chi connectivity index (χ1v) is 10.9. The number of phenolic OH excluding ortho intramolecular Hbond substituents is 4. The van der Waals surface area contributed by atoms with Crippen LogP contribution in [0.5, 0.6) is 23.0 Å². The third-order valence-corrected chi connectivity index (χ3v) is 5.07. The lowest BCUT2D eigenvalue weighted by molar-refractivity contribution is 0.0526. The van der Waals surface area contributed by atoms with Crippen LogP contribution in [0.3, 0.4) is 0 Å². The predicted molar refractivity (Wildman–Crippen MR) is 124 cm³/mol. The molecule has 0 saturated heterocycles. The summed E-state index contributed by atoms with van der Waals surface area (Å²) in [6.45, 7) is 5.86. The number of carbonyl (C=O) groups excluding carboxylic acids is 2. The SMILES string of the molecule is CC(C)(C)OC(=O)NCCCCOC1=C(c2ccc(O)c(O)c2)Cc2cc(O)cc(O)c2C1=O. The van der Waals surface area contributed by atoms with Crippen LogP contribution in [0.2, 0.25) is 0 Å². The molecule has 9 nitrogen and oxygen atoms in total. The largest absolute Gasteiger partial charge is 0.508 e. The molecule has 9 heteroatoms. The fourth-order valence-electron chi connectivity index (χ4n) is 3.59. The van der Waals surface area contributed by atoms with E-state index in [0.29, 0.717) is 36.1 Å². The number of phenols is 4. The highest BCUT2D eigenvalue weighted by atomic mass is 16.6. The number of rotatable bonds is 7. The Balaban J connectivity index is 1.74. The third kappa shape index (κ3) is 5.92. The van der Waals surface area contributed by atoms with Crippen molar-refractivity contribution >= 4 is 17.4 Å². The van der Waals surface area contributed by atoms with Gasteiger partial charge in [0.2, 0.25) is 5.78 Å². The normalized spacial score (nSPS) is 13.4. The Morgan fingerprint density at radius 1 is 1.00 bits per heavy atom. The summed E-state index contributed by atoms with van der Waals surface area (Å²) >= 11 is 0. The van der Waals surface area contributed by atoms with Gasteiger partial charge in [0.05, 0.1) is 12.2 Å². The second kappa shape index (κ2) is 9.94. The minimum Gasteiger partial charge on any atom is -0.508 e. The highest BCUT2D eigenvalue weighted by molar-refractivity contribution is 6.16. The average Bonchev–Trinajstić information content (AvgIpc) is 2.71. The van der Waals surface area contributed by atoms with Crippen LogP contribution in [-0.4, -0.2) is 51.1 Å². The summed E-state index contributed by atoms with van der Waals surface area (Å²) in [6.07, 6.45) is 0.743. The topological polar surface area (TPSA) is 146 Å². The molecule has 0 fully saturated rings. The van der Waals surface area contributed by atoms with Gasteiger partial charge < -0.3 is 35.2 Å². The third-order valence-electron chi connectivity index (χ3n) is 5.07. The van der Waals surface area contributed by atoms with Gasteiger partial charge in [-0.2, -0.15) is 0 Å². The highest BCUT2D eigenvalue weighted by Gasteiger charge is 2.31. The second-order valence-electron chi connectivity index (χ2n) is 9.00. The van der Waals surface area contributed by atoms with E-state index in [1.54, 1.807) is 26.8 Å². The number of hydrogen-bond acceptors (Lipinski definition) is 8. The number of ketones is 1. The molecular formula is C25H29NO8. The molecule has 0 radical (unpaired) electrons. The van der Waals surface area contributed by atoms with E-state index in [1.807, 2.05) is 0 Å². The number of allylic oxidation sites excluding steroid dienone is 2. The molecular weight excluding hydrogens is 442 g/mol. The summed E-state index contributed by atoms with van der Waals surface area (Å²) in [6, 6.07) is 6.65. The van der Waals surface area contributed by atoms with E-state index in [0.717, 1.165) is 6.07 Å². The molecule has 0 saturated carbocycles. The van der Waals surface area contributed by atoms with Crippen LogP contribution in [0.15, 0.2) is 36.1 Å². The standard InChI is InChI=1S/C25H29NO8/c1-25(2,3)34-24(32)26-8-4-5-9-33-23-17(14-6-7-18(28)19(29)12-14)11-15-10-16(27)13-20(30)21(15)22(23)31/h6-7,10,12-13,27-30H,4-5,8-9,11H2,1-3H3,(H,26,32). The van der Waals surface area contributed by atoms with Crippen molar-refractivity contribution in [3.8, 4) is 23.0 Å². The van der Waals surface area contributed by atoms with Gasteiger partial charge in [-0.25, -0.2) is 4.79 Å². The quantitative estimate of drug-likeness (QED) is 0.301. The van der Waals surface area contributed by atoms with Gasteiger partial charge in [-0.1, -0.05) is 6.07 Å². The van der Waals surface area contributed by atoms with Crippen LogP contribution >= 0.6 is 0 Å². The van der Waals surface area contributed by atoms with Gasteiger partial charge in [0, 0.05) is 24.6 Å². The van der Waals surface area contributed by atoms with Crippen molar-refractivity contribution in [2.24, 2.45) is 0 Å². The molecule has 2 aromatic carbocycles. The molecule has 2 aromatic rings. The van der Waals surface area contributed by atoms with E-state index in [1.165, 1.54) is 18.2 Å². The van der Waals surface area contributed by atoms with Crippen LogP contribution < -0.4 is 5.32 Å². The van der Waals surface area contributed by atoms with E-state index in [4.69, 9.17) is 9.47 Å². The second-order valence-corrected chi connectivity index (χ2v) is 9.00. The molecule has 0 bridgehead atoms. The summed E-state index contributed by atoms with van der Waals surface area (Å²) in [5.74, 6) is -1.72. The van der Waals surface area contributed by atoms with Gasteiger partial charge in [-0.15, -0.1) is 0 Å². The first-order valence-electron chi connectivity index (χ1n) is 10.9. The molecule has 0 atom stereocenters. The van der Waals surface area contributed by atoms with Crippen LogP contribution in [0.4, 0.5) is 4.79 Å². The molecule has 1 amide bonds. The molecule has 0 spiro atoms. The van der Waals surface area contributed by atoms with E-state index in [-0.39, 0.29) is 47.3 Å². The van der Waals surface area contributed by atoms with Gasteiger partial charge in [-0.3, -0.25) is 4.79 Å². The van der Waals surface area contributed by atoms with Crippen molar-refractivity contribution in [3.63, 3.8) is 0 Å². The molecule has 0 aromatic heterocycles. The Kier molecular flexibility index (Phi) is 7.24. The number of aromatic hydroxyl groups is 4. The summed E-state index contributed by atoms with van der Waals surface area (Å²) in [7, 11) is 0. The minimum atomic E-state index is -0.585. The first kappa shape index (κ1) is 24.8. The molecule has 1 aliphatic carbocycles. The maximum Gasteiger partial charge on any atom is 0.407 e. The molecule has 0 unspecified atom stereocenters. The molecule has 0 aliphatic heterocycles. The Hall–Kier alpha value is -3.88. The molecule has 1 aliphatic rings. The Bertz CT molecular complexity index is 1130. The summed E-state index contributed by atoms with van der Waals surface area (Å²) in [4.78, 5) is 24.9. The van der Waals surface area contributed by atoms with Gasteiger partial charge in [0.15, 0.2) is 17.3 Å². The molecule has 0 heterocycles. The number of nitrogens with one attached hydrogen (secondary N) is 1. The maximum atomic E-state index is 13.2. The van der Waals surface area contributed by atoms with Crippen molar-refractivity contribution < 1.29 is 39.5 Å². The summed E-state index contributed by atoms with van der Waals surface area (Å²) in [5.41, 5.74) is 0.784. The monoisotopic (exact) mass is 471 g/mol. The van der Waals surface area contributed by atoms with Gasteiger partial charge in [0.25, 0.3) is 0 Å². The summed E-state index contributed by atoms with van der Waals surface area (Å²) < 4.78 is 11.0. The molecule has 34 heavy (non-hydrogen) atoms. The number of unbranched alkanes of at least 4 members (excludes halogenated alkanes) is 1. The fourth-order valence-corrected chi connectivity index (χ4v) is 3.59. The lowest BCUT2D eigenvalue weighted by atomic mass is 9.85. The van der Waals surface area contributed by atoms with Crippen LogP contribution in [0.25, 0.3) is 5.57 Å². The zero-order valence-electron chi connectivity index (χ0n) is 19.3. The van der Waals surface area contributed by atoms with Crippen LogP contribution in [-0.2, 0) is 15.9 Å². The van der Waals surface area contributed by atoms with Crippen molar-refractivity contribution in [2.45, 2.75) is 45.6 Å². The number of ether oxygens (including phenoxy) is 2. The highest BCUT2D eigenvalue weighted by Crippen LogP contribution is 2.40.